The summed E-state index contributed by atoms with van der Waals surface area (Å²) in [6.45, 7) is 0. The zero-order valence-electron chi connectivity index (χ0n) is 2.73. The summed E-state index contributed by atoms with van der Waals surface area (Å²) in [7, 11) is 0. The zero-order valence-corrected chi connectivity index (χ0v) is 7.85. The molecular formula is CKMnNS. The molecule has 0 fully saturated rings. The van der Waals surface area contributed by atoms with Gasteiger partial charge in [0.2, 0.25) is 0 Å². The van der Waals surface area contributed by atoms with Crippen LogP contribution < -0.4 is 51.4 Å². The van der Waals surface area contributed by atoms with E-state index in [2.05, 4.69) is 12.6 Å². The molecule has 0 bridgehead atoms. The smallest absolute Gasteiger partial charge is 0.696 e. The van der Waals surface area contributed by atoms with Crippen molar-refractivity contribution in [3.05, 3.63) is 0 Å². The number of hydrogen-bond donors (Lipinski definition) is 0. The largest absolute Gasteiger partial charge is 1.00 e. The van der Waals surface area contributed by atoms with E-state index in [0.29, 0.717) is 0 Å². The van der Waals surface area contributed by atoms with Gasteiger partial charge in [-0.25, -0.2) is 5.26 Å². The summed E-state index contributed by atoms with van der Waals surface area (Å²) in [5, 5.41) is 8.47. The Morgan fingerprint density at radius 1 is 1.60 bits per heavy atom. The zero-order chi connectivity index (χ0) is 2.71. The summed E-state index contributed by atoms with van der Waals surface area (Å²) < 4.78 is 0. The van der Waals surface area contributed by atoms with Crippen molar-refractivity contribution in [1.82, 2.24) is 0 Å². The van der Waals surface area contributed by atoms with Crippen molar-refractivity contribution in [3.63, 3.8) is 0 Å². The molecule has 23 valence electrons. The number of nitrogens with zero attached hydrogens (tertiary/aromatic N) is 1. The van der Waals surface area contributed by atoms with Crippen LogP contribution in [0.4, 0.5) is 0 Å². The van der Waals surface area contributed by atoms with E-state index in [0.717, 1.165) is 0 Å². The molecule has 0 saturated carbocycles. The minimum Gasteiger partial charge on any atom is -0.696 e. The van der Waals surface area contributed by atoms with Gasteiger partial charge in [0.05, 0.1) is 0 Å². The van der Waals surface area contributed by atoms with Crippen LogP contribution in [0.25, 0.3) is 0 Å². The Bertz CT molecular complexity index is 33.1. The maximum atomic E-state index is 7.13. The average molecular weight is 152 g/mol. The molecule has 5 heavy (non-hydrogen) atoms. The van der Waals surface area contributed by atoms with Crippen LogP contribution in [0.3, 0.4) is 0 Å². The summed E-state index contributed by atoms with van der Waals surface area (Å²) in [6.07, 6.45) is 0. The van der Waals surface area contributed by atoms with Crippen LogP contribution in [0, 0.1) is 10.7 Å². The van der Waals surface area contributed by atoms with Crippen LogP contribution in [0.1, 0.15) is 0 Å². The van der Waals surface area contributed by atoms with Gasteiger partial charge in [-0.3, -0.25) is 0 Å². The molecule has 0 saturated heterocycles. The quantitative estimate of drug-likeness (QED) is 0.210. The fourth-order valence-corrected chi connectivity index (χ4v) is 0. The van der Waals surface area contributed by atoms with E-state index in [1.807, 2.05) is 0 Å². The van der Waals surface area contributed by atoms with E-state index in [9.17, 15) is 0 Å². The summed E-state index contributed by atoms with van der Waals surface area (Å²) in [5.41, 5.74) is 0. The molecule has 1 radical (unpaired) electrons. The van der Waals surface area contributed by atoms with Gasteiger partial charge in [-0.05, 0) is 0 Å². The Kier molecular flexibility index (Phi) is 53.5. The predicted molar refractivity (Wildman–Crippen MR) is 13.0 cm³/mol. The van der Waals surface area contributed by atoms with E-state index in [-0.39, 0.29) is 68.5 Å². The van der Waals surface area contributed by atoms with Crippen LogP contribution in [0.15, 0.2) is 0 Å². The Morgan fingerprint density at radius 2 is 1.60 bits per heavy atom. The van der Waals surface area contributed by atoms with E-state index in [1.54, 1.807) is 0 Å². The first-order valence-electron chi connectivity index (χ1n) is 0.428. The van der Waals surface area contributed by atoms with E-state index in [1.165, 1.54) is 5.40 Å². The predicted octanol–water partition coefficient (Wildman–Crippen LogP) is -2.98. The van der Waals surface area contributed by atoms with Gasteiger partial charge < -0.3 is 12.6 Å². The standard InChI is InChI=1S/CHNS.K.Mn/c2-1-3;;/h3H;;/q;+1;/p-1. The number of hydrogen-bond acceptors (Lipinski definition) is 2. The van der Waals surface area contributed by atoms with Gasteiger partial charge in [0.25, 0.3) is 0 Å². The van der Waals surface area contributed by atoms with Gasteiger partial charge in [-0.1, -0.05) is 5.40 Å². The van der Waals surface area contributed by atoms with Crippen molar-refractivity contribution >= 4 is 12.6 Å². The summed E-state index contributed by atoms with van der Waals surface area (Å²) >= 11 is 3.70. The van der Waals surface area contributed by atoms with Crippen molar-refractivity contribution in [2.24, 2.45) is 0 Å². The maximum absolute atomic E-state index is 7.13. The Labute approximate surface area is 89.8 Å². The maximum Gasteiger partial charge on any atom is 1.00 e. The third kappa shape index (κ3) is 25.2. The Balaban J connectivity index is -0.0000000200. The second-order valence-electron chi connectivity index (χ2n) is 0.0913. The first kappa shape index (κ1) is 15.8. The van der Waals surface area contributed by atoms with E-state index in [4.69, 9.17) is 5.26 Å². The Hall–Kier alpha value is 1.87. The third-order valence-corrected chi connectivity index (χ3v) is 0. The normalized spacial score (nSPS) is 1.40. The third-order valence-electron chi connectivity index (χ3n) is 0. The molecule has 0 aliphatic carbocycles. The molecule has 0 aliphatic heterocycles. The molecule has 0 aromatic carbocycles. The number of nitriles is 1. The minimum atomic E-state index is 0. The van der Waals surface area contributed by atoms with Gasteiger partial charge in [-0.2, -0.15) is 0 Å². The van der Waals surface area contributed by atoms with E-state index < -0.39 is 0 Å². The molecular weight excluding hydrogens is 152 g/mol. The monoisotopic (exact) mass is 152 g/mol. The second kappa shape index (κ2) is 16.9. The second-order valence-corrected chi connectivity index (χ2v) is 0.274. The molecule has 0 aromatic rings. The van der Waals surface area contributed by atoms with Crippen LogP contribution in [0.2, 0.25) is 0 Å². The molecule has 1 nitrogen and oxygen atoms in total. The molecule has 0 amide bonds. The van der Waals surface area contributed by atoms with Crippen molar-refractivity contribution in [2.75, 3.05) is 0 Å². The molecule has 0 aromatic heterocycles. The molecule has 0 N–H and O–H groups in total. The van der Waals surface area contributed by atoms with Gasteiger partial charge in [0.15, 0.2) is 0 Å². The van der Waals surface area contributed by atoms with Crippen LogP contribution in [-0.2, 0) is 29.7 Å². The molecule has 0 atom stereocenters. The molecule has 0 unspecified atom stereocenters. The summed E-state index contributed by atoms with van der Waals surface area (Å²) in [4.78, 5) is 0. The van der Waals surface area contributed by atoms with E-state index >= 15 is 0 Å². The van der Waals surface area contributed by atoms with Crippen LogP contribution in [-0.4, -0.2) is 0 Å². The molecule has 4 heteroatoms. The van der Waals surface area contributed by atoms with Gasteiger partial charge in [0, 0.05) is 17.1 Å². The summed E-state index contributed by atoms with van der Waals surface area (Å²) in [5.74, 6) is 0. The molecule has 0 spiro atoms. The number of thiocyanates is 1. The van der Waals surface area contributed by atoms with Crippen molar-refractivity contribution in [1.29, 1.82) is 5.26 Å². The molecule has 0 aliphatic rings. The van der Waals surface area contributed by atoms with Crippen molar-refractivity contribution in [3.8, 4) is 5.40 Å². The first-order chi connectivity index (χ1) is 1.41. The van der Waals surface area contributed by atoms with Crippen molar-refractivity contribution < 1.29 is 68.5 Å². The van der Waals surface area contributed by atoms with Gasteiger partial charge in [-0.15, -0.1) is 0 Å². The number of rotatable bonds is 0. The summed E-state index contributed by atoms with van der Waals surface area (Å²) in [6, 6.07) is 0. The fraction of sp³-hybridized carbons (Fsp3) is 0. The molecule has 0 rings (SSSR count). The molecule has 0 heterocycles. The first-order valence-corrected chi connectivity index (χ1v) is 0.836. The van der Waals surface area contributed by atoms with Gasteiger partial charge >= 0.3 is 51.4 Å². The van der Waals surface area contributed by atoms with Crippen LogP contribution in [0.5, 0.6) is 0 Å². The topological polar surface area (TPSA) is 23.8 Å². The van der Waals surface area contributed by atoms with Gasteiger partial charge in [0.1, 0.15) is 0 Å². The Morgan fingerprint density at radius 3 is 1.60 bits per heavy atom. The van der Waals surface area contributed by atoms with Crippen molar-refractivity contribution in [2.45, 2.75) is 0 Å². The average Bonchev–Trinajstić information content (AvgIpc) is 0.918. The van der Waals surface area contributed by atoms with Crippen LogP contribution >= 0.6 is 0 Å². The SMILES string of the molecule is N#C[S-].[K+].[Mn]. The fourth-order valence-electron chi connectivity index (χ4n) is 0. The minimum absolute atomic E-state index is 0.